The first-order valence-corrected chi connectivity index (χ1v) is 15.9. The van der Waals surface area contributed by atoms with Crippen molar-refractivity contribution in [2.24, 2.45) is 11.8 Å². The lowest BCUT2D eigenvalue weighted by Gasteiger charge is -2.37. The summed E-state index contributed by atoms with van der Waals surface area (Å²) in [5, 5.41) is 5.70. The van der Waals surface area contributed by atoms with Crippen LogP contribution in [-0.4, -0.2) is 87.6 Å². The number of alkyl halides is 1. The fourth-order valence-corrected chi connectivity index (χ4v) is 6.75. The number of anilines is 1. The number of carbonyl (C=O) groups excluding carboxylic acids is 2. The molecule has 3 aliphatic heterocycles. The summed E-state index contributed by atoms with van der Waals surface area (Å²) >= 11 is 0. The zero-order chi connectivity index (χ0) is 30.5. The third-order valence-corrected chi connectivity index (χ3v) is 9.51. The minimum absolute atomic E-state index is 0.0890. The van der Waals surface area contributed by atoms with E-state index in [9.17, 15) is 14.0 Å². The number of ether oxygens (including phenoxy) is 2. The Morgan fingerprint density at radius 3 is 2.40 bits per heavy atom. The molecule has 0 bridgehead atoms. The molecule has 234 valence electrons. The number of carbonyl (C=O) groups is 2. The number of hydrogen-bond acceptors (Lipinski definition) is 6. The predicted octanol–water partition coefficient (Wildman–Crippen LogP) is 4.34. The zero-order valence-electron chi connectivity index (χ0n) is 26.0. The van der Waals surface area contributed by atoms with Crippen LogP contribution in [0.15, 0.2) is 36.4 Å². The monoisotopic (exact) mass is 594 g/mol. The summed E-state index contributed by atoms with van der Waals surface area (Å²) < 4.78 is 25.8. The largest absolute Gasteiger partial charge is 0.381 e. The third-order valence-electron chi connectivity index (χ3n) is 9.51. The molecule has 3 saturated heterocycles. The summed E-state index contributed by atoms with van der Waals surface area (Å²) in [7, 11) is 0. The first-order valence-electron chi connectivity index (χ1n) is 15.9. The van der Waals surface area contributed by atoms with E-state index in [1.807, 2.05) is 13.0 Å². The Balaban J connectivity index is 1.43. The van der Waals surface area contributed by atoms with E-state index in [0.717, 1.165) is 87.8 Å². The first-order chi connectivity index (χ1) is 20.8. The Morgan fingerprint density at radius 2 is 1.72 bits per heavy atom. The lowest BCUT2D eigenvalue weighted by Crippen LogP contribution is -2.56. The molecule has 0 saturated carbocycles. The molecular formula is C34H47FN4O4. The molecule has 3 heterocycles. The highest BCUT2D eigenvalue weighted by Crippen LogP contribution is 2.34. The van der Waals surface area contributed by atoms with Crippen molar-refractivity contribution < 1.29 is 23.5 Å². The summed E-state index contributed by atoms with van der Waals surface area (Å²) in [6, 6.07) is 12.5. The predicted molar refractivity (Wildman–Crippen MR) is 167 cm³/mol. The maximum atomic E-state index is 14.7. The van der Waals surface area contributed by atoms with E-state index in [4.69, 9.17) is 9.47 Å². The average molecular weight is 595 g/mol. The van der Waals surface area contributed by atoms with Gasteiger partial charge in [-0.15, -0.1) is 0 Å². The molecule has 43 heavy (non-hydrogen) atoms. The second-order valence-corrected chi connectivity index (χ2v) is 12.3. The standard InChI is InChI=1S/C34H47FN4O4/c1-5-39(28-10-14-42-15-11-28)31-19-27(26-8-6-25(7-9-26)21-38-12-16-43-17-13-38)18-29(22(31)2)33(40)36-20-30-23(3)32(35)24(4)37-34(30)41/h6-9,18-19,23-24,28,30,32H,5,10-17,20-21H2,1-4H3,(H,36,40)(H,37,41). The molecule has 3 aliphatic rings. The van der Waals surface area contributed by atoms with Crippen LogP contribution >= 0.6 is 0 Å². The van der Waals surface area contributed by atoms with Gasteiger partial charge in [0.25, 0.3) is 5.91 Å². The van der Waals surface area contributed by atoms with Crippen molar-refractivity contribution in [2.45, 2.75) is 65.3 Å². The average Bonchev–Trinajstić information content (AvgIpc) is 3.02. The second kappa shape index (κ2) is 14.2. The molecule has 0 aliphatic carbocycles. The highest BCUT2D eigenvalue weighted by atomic mass is 19.1. The lowest BCUT2D eigenvalue weighted by molar-refractivity contribution is -0.132. The minimum Gasteiger partial charge on any atom is -0.381 e. The van der Waals surface area contributed by atoms with Crippen LogP contribution in [0.1, 0.15) is 55.1 Å². The number of benzene rings is 2. The van der Waals surface area contributed by atoms with E-state index in [0.29, 0.717) is 11.6 Å². The molecule has 8 nitrogen and oxygen atoms in total. The Hall–Kier alpha value is -3.01. The number of morpholine rings is 1. The van der Waals surface area contributed by atoms with Crippen molar-refractivity contribution in [3.63, 3.8) is 0 Å². The number of rotatable bonds is 9. The van der Waals surface area contributed by atoms with Crippen LogP contribution in [0.5, 0.6) is 0 Å². The van der Waals surface area contributed by atoms with Gasteiger partial charge in [0, 0.05) is 69.1 Å². The van der Waals surface area contributed by atoms with Gasteiger partial charge in [-0.3, -0.25) is 14.5 Å². The van der Waals surface area contributed by atoms with Crippen LogP contribution in [-0.2, 0) is 20.8 Å². The fourth-order valence-electron chi connectivity index (χ4n) is 6.75. The van der Waals surface area contributed by atoms with Crippen molar-refractivity contribution in [1.82, 2.24) is 15.5 Å². The van der Waals surface area contributed by atoms with Crippen molar-refractivity contribution in [3.8, 4) is 11.1 Å². The Kier molecular flexibility index (Phi) is 10.4. The molecule has 3 fully saturated rings. The van der Waals surface area contributed by atoms with Crippen molar-refractivity contribution in [3.05, 3.63) is 53.1 Å². The molecule has 4 atom stereocenters. The summed E-state index contributed by atoms with van der Waals surface area (Å²) in [4.78, 5) is 31.2. The smallest absolute Gasteiger partial charge is 0.251 e. The van der Waals surface area contributed by atoms with E-state index in [2.05, 4.69) is 57.7 Å². The molecule has 4 unspecified atom stereocenters. The van der Waals surface area contributed by atoms with Gasteiger partial charge in [0.15, 0.2) is 0 Å². The van der Waals surface area contributed by atoms with Gasteiger partial charge in [-0.25, -0.2) is 4.39 Å². The van der Waals surface area contributed by atoms with Gasteiger partial charge in [-0.05, 0) is 68.0 Å². The summed E-state index contributed by atoms with van der Waals surface area (Å²) in [5.74, 6) is -1.56. The number of nitrogens with one attached hydrogen (secondary N) is 2. The molecule has 9 heteroatoms. The molecule has 2 amide bonds. The molecule has 0 aromatic heterocycles. The number of nitrogens with zero attached hydrogens (tertiary/aromatic N) is 2. The number of halogens is 1. The van der Waals surface area contributed by atoms with Crippen molar-refractivity contribution in [2.75, 3.05) is 57.5 Å². The number of piperidine rings is 1. The van der Waals surface area contributed by atoms with Gasteiger partial charge in [0.05, 0.1) is 25.2 Å². The highest BCUT2D eigenvalue weighted by Gasteiger charge is 2.40. The van der Waals surface area contributed by atoms with Crippen LogP contribution < -0.4 is 15.5 Å². The fraction of sp³-hybridized carbons (Fsp3) is 0.588. The van der Waals surface area contributed by atoms with Gasteiger partial charge in [0.2, 0.25) is 5.91 Å². The summed E-state index contributed by atoms with van der Waals surface area (Å²) in [6.45, 7) is 14.2. The maximum Gasteiger partial charge on any atom is 0.251 e. The van der Waals surface area contributed by atoms with Crippen molar-refractivity contribution in [1.29, 1.82) is 0 Å². The van der Waals surface area contributed by atoms with Gasteiger partial charge in [-0.2, -0.15) is 0 Å². The van der Waals surface area contributed by atoms with E-state index >= 15 is 0 Å². The van der Waals surface area contributed by atoms with Crippen LogP contribution in [0.2, 0.25) is 0 Å². The maximum absolute atomic E-state index is 14.7. The van der Waals surface area contributed by atoms with Crippen LogP contribution in [0.4, 0.5) is 10.1 Å². The molecule has 2 N–H and O–H groups in total. The molecule has 2 aromatic rings. The van der Waals surface area contributed by atoms with E-state index < -0.39 is 24.0 Å². The molecule has 2 aromatic carbocycles. The molecule has 0 spiro atoms. The lowest BCUT2D eigenvalue weighted by atomic mass is 9.82. The molecular weight excluding hydrogens is 547 g/mol. The molecule has 0 radical (unpaired) electrons. The molecule has 5 rings (SSSR count). The van der Waals surface area contributed by atoms with Crippen LogP contribution in [0.3, 0.4) is 0 Å². The Morgan fingerprint density at radius 1 is 1.05 bits per heavy atom. The highest BCUT2D eigenvalue weighted by molar-refractivity contribution is 5.99. The summed E-state index contributed by atoms with van der Waals surface area (Å²) in [5.41, 5.74) is 5.76. The minimum atomic E-state index is -1.15. The van der Waals surface area contributed by atoms with Gasteiger partial charge >= 0.3 is 0 Å². The quantitative estimate of drug-likeness (QED) is 0.450. The summed E-state index contributed by atoms with van der Waals surface area (Å²) in [6.07, 6.45) is 0.722. The number of hydrogen-bond donors (Lipinski definition) is 2. The van der Waals surface area contributed by atoms with Gasteiger partial charge in [0.1, 0.15) is 6.17 Å². The Bertz CT molecular complexity index is 1260. The van der Waals surface area contributed by atoms with Crippen LogP contribution in [0.25, 0.3) is 11.1 Å². The van der Waals surface area contributed by atoms with E-state index in [1.165, 1.54) is 5.56 Å². The van der Waals surface area contributed by atoms with E-state index in [1.54, 1.807) is 13.8 Å². The Labute approximate surface area is 255 Å². The van der Waals surface area contributed by atoms with Gasteiger partial charge < -0.3 is 25.0 Å². The van der Waals surface area contributed by atoms with Crippen LogP contribution in [0, 0.1) is 18.8 Å². The third kappa shape index (κ3) is 7.21. The zero-order valence-corrected chi connectivity index (χ0v) is 26.0. The second-order valence-electron chi connectivity index (χ2n) is 12.3. The topological polar surface area (TPSA) is 83.1 Å². The van der Waals surface area contributed by atoms with E-state index in [-0.39, 0.29) is 18.4 Å². The van der Waals surface area contributed by atoms with Crippen molar-refractivity contribution >= 4 is 17.5 Å². The number of amides is 2. The van der Waals surface area contributed by atoms with Gasteiger partial charge in [-0.1, -0.05) is 31.2 Å². The normalized spacial score (nSPS) is 25.3. The SMILES string of the molecule is CCN(c1cc(-c2ccc(CN3CCOCC3)cc2)cc(C(=O)NCC2C(=O)NC(C)C(F)C2C)c1C)C1CCOCC1. The first kappa shape index (κ1) is 31.4.